The number of carbonyl (C=O) groups is 1. The molecule has 0 aliphatic heterocycles. The predicted octanol–water partition coefficient (Wildman–Crippen LogP) is 4.14. The van der Waals surface area contributed by atoms with Crippen LogP contribution < -0.4 is 5.32 Å². The number of halogens is 1. The van der Waals surface area contributed by atoms with E-state index in [4.69, 9.17) is 0 Å². The molecule has 0 radical (unpaired) electrons. The van der Waals surface area contributed by atoms with E-state index < -0.39 is 0 Å². The van der Waals surface area contributed by atoms with Crippen molar-refractivity contribution in [3.63, 3.8) is 0 Å². The molecule has 0 atom stereocenters. The molecule has 0 bridgehead atoms. The lowest BCUT2D eigenvalue weighted by Gasteiger charge is -2.42. The molecule has 1 N–H and O–H groups in total. The van der Waals surface area contributed by atoms with Gasteiger partial charge in [0.15, 0.2) is 0 Å². The van der Waals surface area contributed by atoms with Crippen LogP contribution in [0.15, 0.2) is 54.6 Å². The van der Waals surface area contributed by atoms with Crippen molar-refractivity contribution in [3.05, 3.63) is 69.3 Å². The van der Waals surface area contributed by atoms with Gasteiger partial charge in [-0.15, -0.1) is 0 Å². The van der Waals surface area contributed by atoms with E-state index in [2.05, 4.69) is 52.2 Å². The van der Waals surface area contributed by atoms with Gasteiger partial charge in [-0.3, -0.25) is 4.79 Å². The molecular weight excluding hydrogens is 373 g/mol. The minimum absolute atomic E-state index is 0.0238. The second-order valence-electron chi connectivity index (χ2n) is 5.69. The minimum atomic E-state index is 0.0238. The van der Waals surface area contributed by atoms with Crippen molar-refractivity contribution < 1.29 is 4.79 Å². The number of nitrogens with one attached hydrogen (secondary N) is 1. The van der Waals surface area contributed by atoms with Crippen LogP contribution in [-0.2, 0) is 5.41 Å². The van der Waals surface area contributed by atoms with Crippen LogP contribution in [-0.4, -0.2) is 12.5 Å². The average molecular weight is 391 g/mol. The van der Waals surface area contributed by atoms with Crippen LogP contribution in [0.3, 0.4) is 0 Å². The zero-order valence-electron chi connectivity index (χ0n) is 11.8. The van der Waals surface area contributed by atoms with Crippen molar-refractivity contribution in [3.8, 4) is 0 Å². The second-order valence-corrected chi connectivity index (χ2v) is 6.94. The lowest BCUT2D eigenvalue weighted by atomic mass is 9.64. The Morgan fingerprint density at radius 1 is 1.10 bits per heavy atom. The number of hydrogen-bond acceptors (Lipinski definition) is 1. The molecule has 108 valence electrons. The van der Waals surface area contributed by atoms with Crippen LogP contribution in [0.5, 0.6) is 0 Å². The second kappa shape index (κ2) is 6.18. The Hall–Kier alpha value is -1.36. The van der Waals surface area contributed by atoms with E-state index in [1.54, 1.807) is 0 Å². The zero-order valence-corrected chi connectivity index (χ0v) is 14.0. The molecule has 0 unspecified atom stereocenters. The smallest absolute Gasteiger partial charge is 0.251 e. The van der Waals surface area contributed by atoms with Gasteiger partial charge in [-0.05, 0) is 59.2 Å². The minimum Gasteiger partial charge on any atom is -0.351 e. The third-order valence-electron chi connectivity index (χ3n) is 4.37. The summed E-state index contributed by atoms with van der Waals surface area (Å²) >= 11 is 2.23. The Bertz CT molecular complexity index is 635. The Morgan fingerprint density at radius 3 is 2.48 bits per heavy atom. The number of hydrogen-bond donors (Lipinski definition) is 1. The number of rotatable bonds is 4. The summed E-state index contributed by atoms with van der Waals surface area (Å²) in [5.74, 6) is 0.0238. The monoisotopic (exact) mass is 391 g/mol. The van der Waals surface area contributed by atoms with Gasteiger partial charge in [-0.1, -0.05) is 42.8 Å². The first-order valence-electron chi connectivity index (χ1n) is 7.29. The lowest BCUT2D eigenvalue weighted by molar-refractivity contribution is 0.0928. The summed E-state index contributed by atoms with van der Waals surface area (Å²) in [5.41, 5.74) is 2.22. The van der Waals surface area contributed by atoms with Crippen LogP contribution >= 0.6 is 22.6 Å². The SMILES string of the molecule is O=C(NCC1(c2ccccc2)CCC1)c1cccc(I)c1. The largest absolute Gasteiger partial charge is 0.351 e. The molecule has 21 heavy (non-hydrogen) atoms. The molecular formula is C18H18INO. The summed E-state index contributed by atoms with van der Waals surface area (Å²) in [5, 5.41) is 3.13. The molecule has 1 fully saturated rings. The van der Waals surface area contributed by atoms with Gasteiger partial charge < -0.3 is 5.32 Å². The topological polar surface area (TPSA) is 29.1 Å². The molecule has 2 aromatic rings. The van der Waals surface area contributed by atoms with Crippen LogP contribution in [0, 0.1) is 3.57 Å². The first-order valence-corrected chi connectivity index (χ1v) is 8.37. The van der Waals surface area contributed by atoms with Crippen molar-refractivity contribution in [1.29, 1.82) is 0 Å². The Balaban J connectivity index is 1.70. The molecule has 3 rings (SSSR count). The third-order valence-corrected chi connectivity index (χ3v) is 5.04. The molecule has 3 heteroatoms. The van der Waals surface area contributed by atoms with Crippen molar-refractivity contribution in [1.82, 2.24) is 5.32 Å². The summed E-state index contributed by atoms with van der Waals surface area (Å²) in [6.45, 7) is 0.724. The molecule has 0 aromatic heterocycles. The molecule has 2 aromatic carbocycles. The highest BCUT2D eigenvalue weighted by atomic mass is 127. The van der Waals surface area contributed by atoms with Crippen molar-refractivity contribution in [2.45, 2.75) is 24.7 Å². The summed E-state index contributed by atoms with van der Waals surface area (Å²) in [6, 6.07) is 18.3. The summed E-state index contributed by atoms with van der Waals surface area (Å²) in [6.07, 6.45) is 3.56. The molecule has 2 nitrogen and oxygen atoms in total. The summed E-state index contributed by atoms with van der Waals surface area (Å²) in [7, 11) is 0. The van der Waals surface area contributed by atoms with Gasteiger partial charge in [0.05, 0.1) is 0 Å². The van der Waals surface area contributed by atoms with Gasteiger partial charge in [0.1, 0.15) is 0 Å². The van der Waals surface area contributed by atoms with Crippen molar-refractivity contribution in [2.24, 2.45) is 0 Å². The van der Waals surface area contributed by atoms with Gasteiger partial charge >= 0.3 is 0 Å². The Labute approximate surface area is 139 Å². The van der Waals surface area contributed by atoms with E-state index in [1.807, 2.05) is 30.3 Å². The third kappa shape index (κ3) is 3.12. The van der Waals surface area contributed by atoms with Gasteiger partial charge in [-0.2, -0.15) is 0 Å². The molecule has 0 spiro atoms. The lowest BCUT2D eigenvalue weighted by Crippen LogP contribution is -2.45. The molecule has 1 aliphatic carbocycles. The highest BCUT2D eigenvalue weighted by molar-refractivity contribution is 14.1. The maximum atomic E-state index is 12.3. The number of benzene rings is 2. The van der Waals surface area contributed by atoms with E-state index >= 15 is 0 Å². The maximum absolute atomic E-state index is 12.3. The zero-order chi connectivity index (χ0) is 14.7. The average Bonchev–Trinajstić information content (AvgIpc) is 2.47. The van der Waals surface area contributed by atoms with E-state index in [1.165, 1.54) is 12.0 Å². The fraction of sp³-hybridized carbons (Fsp3) is 0.278. The van der Waals surface area contributed by atoms with Crippen molar-refractivity contribution in [2.75, 3.05) is 6.54 Å². The predicted molar refractivity (Wildman–Crippen MR) is 93.5 cm³/mol. The van der Waals surface area contributed by atoms with Gasteiger partial charge in [0.2, 0.25) is 0 Å². The van der Waals surface area contributed by atoms with Gasteiger partial charge in [0, 0.05) is 21.1 Å². The highest BCUT2D eigenvalue weighted by Crippen LogP contribution is 2.43. The Morgan fingerprint density at radius 2 is 1.86 bits per heavy atom. The van der Waals surface area contributed by atoms with Crippen LogP contribution in [0.1, 0.15) is 35.2 Å². The first kappa shape index (κ1) is 14.6. The molecule has 1 saturated carbocycles. The maximum Gasteiger partial charge on any atom is 0.251 e. The van der Waals surface area contributed by atoms with Crippen LogP contribution in [0.25, 0.3) is 0 Å². The molecule has 1 amide bonds. The quantitative estimate of drug-likeness (QED) is 0.780. The van der Waals surface area contributed by atoms with E-state index in [9.17, 15) is 4.79 Å². The number of carbonyl (C=O) groups excluding carboxylic acids is 1. The van der Waals surface area contributed by atoms with Gasteiger partial charge in [0.25, 0.3) is 5.91 Å². The highest BCUT2D eigenvalue weighted by Gasteiger charge is 2.38. The molecule has 0 saturated heterocycles. The van der Waals surface area contributed by atoms with Crippen LogP contribution in [0.4, 0.5) is 0 Å². The fourth-order valence-corrected chi connectivity index (χ4v) is 3.49. The van der Waals surface area contributed by atoms with E-state index in [0.717, 1.165) is 28.5 Å². The molecule has 0 heterocycles. The van der Waals surface area contributed by atoms with Crippen LogP contribution in [0.2, 0.25) is 0 Å². The fourth-order valence-electron chi connectivity index (χ4n) is 2.94. The number of amides is 1. The normalized spacial score (nSPS) is 16.0. The van der Waals surface area contributed by atoms with E-state index in [-0.39, 0.29) is 11.3 Å². The standard InChI is InChI=1S/C18H18INO/c19-16-9-4-6-14(12-16)17(21)20-13-18(10-5-11-18)15-7-2-1-3-8-15/h1-4,6-9,12H,5,10-11,13H2,(H,20,21). The van der Waals surface area contributed by atoms with Gasteiger partial charge in [-0.25, -0.2) is 0 Å². The van der Waals surface area contributed by atoms with Crippen molar-refractivity contribution >= 4 is 28.5 Å². The summed E-state index contributed by atoms with van der Waals surface area (Å²) < 4.78 is 1.08. The van der Waals surface area contributed by atoms with E-state index in [0.29, 0.717) is 0 Å². The molecule has 1 aliphatic rings. The first-order chi connectivity index (χ1) is 10.2. The summed E-state index contributed by atoms with van der Waals surface area (Å²) in [4.78, 5) is 12.3. The Kier molecular flexibility index (Phi) is 4.29.